The molecule has 1 fully saturated rings. The van der Waals surface area contributed by atoms with Crippen LogP contribution in [0.1, 0.15) is 24.6 Å². The largest absolute Gasteiger partial charge is 0.383 e. The number of aromatic nitrogens is 3. The molecule has 2 aromatic heterocycles. The lowest BCUT2D eigenvalue weighted by molar-refractivity contribution is 0.185. The molecule has 0 aliphatic carbocycles. The van der Waals surface area contributed by atoms with Gasteiger partial charge >= 0.3 is 0 Å². The lowest BCUT2D eigenvalue weighted by atomic mass is 9.97. The highest BCUT2D eigenvalue weighted by Crippen LogP contribution is 2.33. The van der Waals surface area contributed by atoms with E-state index in [-0.39, 0.29) is 0 Å². The van der Waals surface area contributed by atoms with Crippen molar-refractivity contribution in [1.82, 2.24) is 14.5 Å². The molecule has 0 bridgehead atoms. The summed E-state index contributed by atoms with van der Waals surface area (Å²) in [7, 11) is 1.74. The molecular weight excluding hydrogens is 344 g/mol. The van der Waals surface area contributed by atoms with Crippen LogP contribution in [0, 0.1) is 0 Å². The van der Waals surface area contributed by atoms with Crippen LogP contribution in [0.5, 0.6) is 0 Å². The lowest BCUT2D eigenvalue weighted by Crippen LogP contribution is -2.35. The molecule has 1 aromatic carbocycles. The van der Waals surface area contributed by atoms with Gasteiger partial charge in [0.25, 0.3) is 0 Å². The average Bonchev–Trinajstić information content (AvgIpc) is 3.37. The smallest absolute Gasteiger partial charge is 0.185 e. The van der Waals surface area contributed by atoms with Gasteiger partial charge in [-0.2, -0.15) is 0 Å². The Kier molecular flexibility index (Phi) is 5.32. The first-order chi connectivity index (χ1) is 12.8. The summed E-state index contributed by atoms with van der Waals surface area (Å²) in [5.74, 6) is 1.62. The van der Waals surface area contributed by atoms with E-state index in [0.29, 0.717) is 12.5 Å². The highest BCUT2D eigenvalue weighted by atomic mass is 32.1. The Morgan fingerprint density at radius 3 is 3.00 bits per heavy atom. The molecule has 0 spiro atoms. The van der Waals surface area contributed by atoms with Crippen molar-refractivity contribution in [2.24, 2.45) is 0 Å². The number of hydrogen-bond donors (Lipinski definition) is 0. The third-order valence-electron chi connectivity index (χ3n) is 4.90. The molecule has 1 aliphatic rings. The van der Waals surface area contributed by atoms with Gasteiger partial charge in [0.1, 0.15) is 5.82 Å². The molecule has 6 heteroatoms. The standard InChI is InChI=1S/C20H24N4OS/c1-25-13-12-23-11-9-21-19(23)17-8-5-10-24(14-17)20-22-18(15-26-20)16-6-3-2-4-7-16/h2-4,6-7,9,11,15,17H,5,8,10,12-14H2,1H3/t17-/m1/s1. The van der Waals surface area contributed by atoms with Gasteiger partial charge in [-0.25, -0.2) is 9.97 Å². The predicted molar refractivity (Wildman–Crippen MR) is 106 cm³/mol. The number of ether oxygens (including phenoxy) is 1. The van der Waals surface area contributed by atoms with Crippen LogP contribution in [0.4, 0.5) is 5.13 Å². The molecule has 5 nitrogen and oxygen atoms in total. The van der Waals surface area contributed by atoms with Crippen molar-refractivity contribution in [3.63, 3.8) is 0 Å². The van der Waals surface area contributed by atoms with E-state index in [1.54, 1.807) is 18.4 Å². The Morgan fingerprint density at radius 2 is 2.15 bits per heavy atom. The molecule has 1 aliphatic heterocycles. The van der Waals surface area contributed by atoms with E-state index in [4.69, 9.17) is 9.72 Å². The molecule has 26 heavy (non-hydrogen) atoms. The molecule has 1 saturated heterocycles. The molecule has 0 saturated carbocycles. The van der Waals surface area contributed by atoms with Crippen LogP contribution in [0.25, 0.3) is 11.3 Å². The van der Waals surface area contributed by atoms with Crippen LogP contribution in [-0.4, -0.2) is 41.3 Å². The van der Waals surface area contributed by atoms with Crippen LogP contribution in [0.15, 0.2) is 48.1 Å². The van der Waals surface area contributed by atoms with E-state index in [2.05, 4.69) is 50.3 Å². The lowest BCUT2D eigenvalue weighted by Gasteiger charge is -2.32. The van der Waals surface area contributed by atoms with Crippen molar-refractivity contribution in [3.05, 3.63) is 53.9 Å². The number of hydrogen-bond acceptors (Lipinski definition) is 5. The first-order valence-corrected chi connectivity index (χ1v) is 9.99. The zero-order valence-corrected chi connectivity index (χ0v) is 15.9. The molecule has 3 aromatic rings. The summed E-state index contributed by atoms with van der Waals surface area (Å²) in [6.45, 7) is 3.62. The Labute approximate surface area is 158 Å². The average molecular weight is 369 g/mol. The number of benzene rings is 1. The fourth-order valence-corrected chi connectivity index (χ4v) is 4.44. The van der Waals surface area contributed by atoms with Crippen molar-refractivity contribution >= 4 is 16.5 Å². The first kappa shape index (κ1) is 17.2. The van der Waals surface area contributed by atoms with Gasteiger partial charge in [0.05, 0.1) is 12.3 Å². The molecule has 0 N–H and O–H groups in total. The zero-order valence-electron chi connectivity index (χ0n) is 15.0. The summed E-state index contributed by atoms with van der Waals surface area (Å²) in [6.07, 6.45) is 6.31. The maximum absolute atomic E-state index is 5.23. The highest BCUT2D eigenvalue weighted by Gasteiger charge is 2.26. The Morgan fingerprint density at radius 1 is 1.27 bits per heavy atom. The monoisotopic (exact) mass is 368 g/mol. The number of methoxy groups -OCH3 is 1. The summed E-state index contributed by atoms with van der Waals surface area (Å²) >= 11 is 1.74. The molecule has 0 unspecified atom stereocenters. The quantitative estimate of drug-likeness (QED) is 0.659. The van der Waals surface area contributed by atoms with E-state index < -0.39 is 0 Å². The second-order valence-electron chi connectivity index (χ2n) is 6.64. The van der Waals surface area contributed by atoms with Gasteiger partial charge in [0.15, 0.2) is 5.13 Å². The molecule has 0 amide bonds. The fourth-order valence-electron chi connectivity index (χ4n) is 3.57. The van der Waals surface area contributed by atoms with E-state index in [9.17, 15) is 0 Å². The minimum absolute atomic E-state index is 0.444. The van der Waals surface area contributed by atoms with E-state index in [1.807, 2.05) is 12.3 Å². The third kappa shape index (κ3) is 3.66. The molecule has 0 radical (unpaired) electrons. The Hall–Kier alpha value is -2.18. The van der Waals surface area contributed by atoms with Gasteiger partial charge < -0.3 is 14.2 Å². The van der Waals surface area contributed by atoms with Gasteiger partial charge in [0, 0.05) is 56.0 Å². The number of piperidine rings is 1. The predicted octanol–water partition coefficient (Wildman–Crippen LogP) is 4.04. The summed E-state index contributed by atoms with van der Waals surface area (Å²) < 4.78 is 7.46. The van der Waals surface area contributed by atoms with E-state index in [1.165, 1.54) is 24.2 Å². The zero-order chi connectivity index (χ0) is 17.8. The summed E-state index contributed by atoms with van der Waals surface area (Å²) in [4.78, 5) is 11.9. The van der Waals surface area contributed by atoms with Crippen LogP contribution in [0.3, 0.4) is 0 Å². The highest BCUT2D eigenvalue weighted by molar-refractivity contribution is 7.14. The molecule has 4 rings (SSSR count). The maximum Gasteiger partial charge on any atom is 0.185 e. The molecule has 1 atom stereocenters. The van der Waals surface area contributed by atoms with Gasteiger partial charge in [-0.15, -0.1) is 11.3 Å². The second kappa shape index (κ2) is 8.01. The maximum atomic E-state index is 5.23. The molecule has 136 valence electrons. The van der Waals surface area contributed by atoms with Crippen molar-refractivity contribution in [3.8, 4) is 11.3 Å². The number of thiazole rings is 1. The van der Waals surface area contributed by atoms with Gasteiger partial charge in [-0.3, -0.25) is 0 Å². The SMILES string of the molecule is COCCn1ccnc1[C@@H]1CCCN(c2nc(-c3ccccc3)cs2)C1. The van der Waals surface area contributed by atoms with E-state index >= 15 is 0 Å². The summed E-state index contributed by atoms with van der Waals surface area (Å²) in [5.41, 5.74) is 2.24. The second-order valence-corrected chi connectivity index (χ2v) is 7.47. The molecular formula is C20H24N4OS. The van der Waals surface area contributed by atoms with Crippen molar-refractivity contribution in [2.45, 2.75) is 25.3 Å². The number of imidazole rings is 1. The topological polar surface area (TPSA) is 43.2 Å². The normalized spacial score (nSPS) is 17.6. The fraction of sp³-hybridized carbons (Fsp3) is 0.400. The van der Waals surface area contributed by atoms with E-state index in [0.717, 1.165) is 30.5 Å². The Balaban J connectivity index is 1.49. The third-order valence-corrected chi connectivity index (χ3v) is 5.80. The van der Waals surface area contributed by atoms with Gasteiger partial charge in [-0.1, -0.05) is 30.3 Å². The minimum atomic E-state index is 0.444. The van der Waals surface area contributed by atoms with Crippen LogP contribution in [0.2, 0.25) is 0 Å². The number of anilines is 1. The van der Waals surface area contributed by atoms with Crippen LogP contribution < -0.4 is 4.90 Å². The minimum Gasteiger partial charge on any atom is -0.383 e. The van der Waals surface area contributed by atoms with Crippen molar-refractivity contribution in [1.29, 1.82) is 0 Å². The number of rotatable bonds is 6. The summed E-state index contributed by atoms with van der Waals surface area (Å²) in [5, 5.41) is 3.27. The molecule has 3 heterocycles. The Bertz CT molecular complexity index is 829. The van der Waals surface area contributed by atoms with Crippen molar-refractivity contribution < 1.29 is 4.74 Å². The van der Waals surface area contributed by atoms with Gasteiger partial charge in [0.2, 0.25) is 0 Å². The first-order valence-electron chi connectivity index (χ1n) is 9.11. The van der Waals surface area contributed by atoms with Gasteiger partial charge in [-0.05, 0) is 12.8 Å². The van der Waals surface area contributed by atoms with Crippen molar-refractivity contribution in [2.75, 3.05) is 31.7 Å². The number of nitrogens with zero attached hydrogens (tertiary/aromatic N) is 4. The van der Waals surface area contributed by atoms with Crippen LogP contribution >= 0.6 is 11.3 Å². The summed E-state index contributed by atoms with van der Waals surface area (Å²) in [6, 6.07) is 10.4. The van der Waals surface area contributed by atoms with Crippen LogP contribution in [-0.2, 0) is 11.3 Å².